The third kappa shape index (κ3) is 2.22. The molecule has 0 saturated heterocycles. The molecular weight excluding hydrogens is 288 g/mol. The smallest absolute Gasteiger partial charge is 0.182 e. The maximum atomic E-state index is 11.7. The van der Waals surface area contributed by atoms with E-state index in [1.165, 1.54) is 12.1 Å². The molecule has 2 aromatic carbocycles. The molecule has 112 valence electrons. The second-order valence-electron chi connectivity index (χ2n) is 5.45. The van der Waals surface area contributed by atoms with E-state index in [0.29, 0.717) is 11.3 Å². The monoisotopic (exact) mass is 302 g/mol. The van der Waals surface area contributed by atoms with Gasteiger partial charge < -0.3 is 9.52 Å². The molecule has 2 aliphatic rings. The van der Waals surface area contributed by atoms with E-state index in [4.69, 9.17) is 4.42 Å². The van der Waals surface area contributed by atoms with Crippen LogP contribution in [0.4, 0.5) is 0 Å². The Morgan fingerprint density at radius 3 is 2.52 bits per heavy atom. The highest BCUT2D eigenvalue weighted by molar-refractivity contribution is 6.02. The number of para-hydroxylation sites is 1. The lowest BCUT2D eigenvalue weighted by molar-refractivity contribution is 0.282. The summed E-state index contributed by atoms with van der Waals surface area (Å²) in [5.41, 5.74) is 4.27. The molecule has 3 heteroatoms. The van der Waals surface area contributed by atoms with Crippen molar-refractivity contribution in [3.8, 4) is 22.5 Å². The lowest BCUT2D eigenvalue weighted by Crippen LogP contribution is -2.00. The summed E-state index contributed by atoms with van der Waals surface area (Å²) in [6.45, 7) is -0.0440. The Balaban J connectivity index is 2.21. The van der Waals surface area contributed by atoms with Gasteiger partial charge in [-0.25, -0.2) is 0 Å². The summed E-state index contributed by atoms with van der Waals surface area (Å²) in [4.78, 5) is 11.7. The summed E-state index contributed by atoms with van der Waals surface area (Å²) in [7, 11) is 0. The first-order valence-corrected chi connectivity index (χ1v) is 7.42. The third-order valence-electron chi connectivity index (χ3n) is 4.06. The Hall–Kier alpha value is -2.91. The van der Waals surface area contributed by atoms with Gasteiger partial charge in [-0.05, 0) is 29.3 Å². The summed E-state index contributed by atoms with van der Waals surface area (Å²) in [6.07, 6.45) is 0. The number of hydrogen-bond donors (Lipinski definition) is 1. The van der Waals surface area contributed by atoms with Gasteiger partial charge in [-0.3, -0.25) is 4.79 Å². The minimum atomic E-state index is -0.0853. The predicted octanol–water partition coefficient (Wildman–Crippen LogP) is 4.06. The van der Waals surface area contributed by atoms with Gasteiger partial charge in [-0.15, -0.1) is 0 Å². The van der Waals surface area contributed by atoms with Crippen molar-refractivity contribution in [2.24, 2.45) is 0 Å². The molecule has 0 spiro atoms. The molecule has 1 aliphatic heterocycles. The van der Waals surface area contributed by atoms with Crippen LogP contribution in [0.5, 0.6) is 0 Å². The van der Waals surface area contributed by atoms with Crippen molar-refractivity contribution in [3.05, 3.63) is 82.5 Å². The van der Waals surface area contributed by atoms with Gasteiger partial charge in [0.15, 0.2) is 5.43 Å². The van der Waals surface area contributed by atoms with Gasteiger partial charge in [0, 0.05) is 22.6 Å². The van der Waals surface area contributed by atoms with Crippen LogP contribution in [0.2, 0.25) is 0 Å². The van der Waals surface area contributed by atoms with Crippen LogP contribution in [0.15, 0.2) is 75.9 Å². The molecular formula is C20H14O3. The Labute approximate surface area is 132 Å². The zero-order valence-corrected chi connectivity index (χ0v) is 12.3. The van der Waals surface area contributed by atoms with Crippen LogP contribution in [-0.2, 0) is 6.61 Å². The highest BCUT2D eigenvalue weighted by atomic mass is 16.3. The summed E-state index contributed by atoms with van der Waals surface area (Å²) >= 11 is 0. The summed E-state index contributed by atoms with van der Waals surface area (Å²) in [6, 6.07) is 20.3. The van der Waals surface area contributed by atoms with E-state index in [2.05, 4.69) is 0 Å². The Morgan fingerprint density at radius 1 is 0.870 bits per heavy atom. The van der Waals surface area contributed by atoms with Crippen molar-refractivity contribution in [1.29, 1.82) is 0 Å². The van der Waals surface area contributed by atoms with Crippen molar-refractivity contribution < 1.29 is 9.52 Å². The highest BCUT2D eigenvalue weighted by Crippen LogP contribution is 2.40. The molecule has 3 nitrogen and oxygen atoms in total. The largest absolute Gasteiger partial charge is 0.456 e. The molecule has 0 atom stereocenters. The van der Waals surface area contributed by atoms with Crippen LogP contribution in [0.3, 0.4) is 0 Å². The van der Waals surface area contributed by atoms with E-state index in [1.807, 2.05) is 48.5 Å². The topological polar surface area (TPSA) is 50.4 Å². The molecule has 0 radical (unpaired) electrons. The molecule has 4 rings (SSSR count). The fourth-order valence-electron chi connectivity index (χ4n) is 3.01. The molecule has 1 heterocycles. The number of fused-ring (bicyclic) bond motifs is 2. The Kier molecular flexibility index (Phi) is 3.21. The van der Waals surface area contributed by atoms with Crippen LogP contribution < -0.4 is 5.43 Å². The maximum absolute atomic E-state index is 11.7. The molecule has 1 N–H and O–H groups in total. The quantitative estimate of drug-likeness (QED) is 0.568. The first-order valence-electron chi connectivity index (χ1n) is 7.42. The first-order chi connectivity index (χ1) is 11.3. The van der Waals surface area contributed by atoms with Crippen LogP contribution in [0.1, 0.15) is 5.56 Å². The molecule has 1 aliphatic carbocycles. The summed E-state index contributed by atoms with van der Waals surface area (Å²) in [5.74, 6) is 0.555. The van der Waals surface area contributed by atoms with Crippen LogP contribution >= 0.6 is 0 Å². The van der Waals surface area contributed by atoms with Gasteiger partial charge in [0.2, 0.25) is 0 Å². The number of hydrogen-bond acceptors (Lipinski definition) is 3. The predicted molar refractivity (Wildman–Crippen MR) is 90.5 cm³/mol. The average molecular weight is 302 g/mol. The van der Waals surface area contributed by atoms with Crippen molar-refractivity contribution in [2.45, 2.75) is 6.61 Å². The molecule has 0 saturated carbocycles. The minimum Gasteiger partial charge on any atom is -0.456 e. The van der Waals surface area contributed by atoms with Gasteiger partial charge >= 0.3 is 0 Å². The lowest BCUT2D eigenvalue weighted by Gasteiger charge is -2.16. The molecule has 2 aromatic rings. The number of aliphatic hydroxyl groups excluding tert-OH is 1. The number of aliphatic hydroxyl groups is 1. The van der Waals surface area contributed by atoms with Gasteiger partial charge in [-0.1, -0.05) is 42.5 Å². The molecule has 0 fully saturated rings. The molecule has 23 heavy (non-hydrogen) atoms. The van der Waals surface area contributed by atoms with Gasteiger partial charge in [-0.2, -0.15) is 0 Å². The molecule has 0 bridgehead atoms. The zero-order chi connectivity index (χ0) is 15.8. The molecule has 0 unspecified atom stereocenters. The van der Waals surface area contributed by atoms with Crippen molar-refractivity contribution in [2.75, 3.05) is 0 Å². The van der Waals surface area contributed by atoms with Crippen LogP contribution in [-0.4, -0.2) is 5.11 Å². The maximum Gasteiger partial charge on any atom is 0.182 e. The highest BCUT2D eigenvalue weighted by Gasteiger charge is 2.18. The minimum absolute atomic E-state index is 0.0440. The van der Waals surface area contributed by atoms with Crippen LogP contribution in [0.25, 0.3) is 33.4 Å². The zero-order valence-electron chi connectivity index (χ0n) is 12.3. The average Bonchev–Trinajstić information content (AvgIpc) is 2.59. The standard InChI is InChI=1S/C20H14O3/c21-12-13-5-1-2-6-15(13)20-16-7-3-4-8-18(16)23-19-11-14(22)9-10-17(19)20/h1-11,21H,12H2. The second-order valence-corrected chi connectivity index (χ2v) is 5.45. The number of rotatable bonds is 2. The SMILES string of the molecule is O=c1ccc2c(-c3ccccc3CO)c3ccccc3oc-2c1. The normalized spacial score (nSPS) is 11.2. The van der Waals surface area contributed by atoms with Gasteiger partial charge in [0.25, 0.3) is 0 Å². The van der Waals surface area contributed by atoms with E-state index in [0.717, 1.165) is 27.6 Å². The van der Waals surface area contributed by atoms with E-state index in [9.17, 15) is 9.90 Å². The Morgan fingerprint density at radius 2 is 1.65 bits per heavy atom. The first kappa shape index (κ1) is 13.7. The summed E-state index contributed by atoms with van der Waals surface area (Å²) < 4.78 is 5.90. The van der Waals surface area contributed by atoms with Crippen LogP contribution in [0, 0.1) is 0 Å². The number of benzene rings is 3. The van der Waals surface area contributed by atoms with E-state index < -0.39 is 0 Å². The molecule has 0 amide bonds. The van der Waals surface area contributed by atoms with E-state index >= 15 is 0 Å². The lowest BCUT2D eigenvalue weighted by atomic mass is 9.91. The fraction of sp³-hybridized carbons (Fsp3) is 0.0500. The van der Waals surface area contributed by atoms with Gasteiger partial charge in [0.05, 0.1) is 6.61 Å². The van der Waals surface area contributed by atoms with E-state index in [-0.39, 0.29) is 12.0 Å². The summed E-state index contributed by atoms with van der Waals surface area (Å²) in [5, 5.41) is 10.7. The van der Waals surface area contributed by atoms with Crippen molar-refractivity contribution in [1.82, 2.24) is 0 Å². The second kappa shape index (κ2) is 5.38. The van der Waals surface area contributed by atoms with Crippen molar-refractivity contribution >= 4 is 11.0 Å². The van der Waals surface area contributed by atoms with E-state index in [1.54, 1.807) is 6.07 Å². The Bertz CT molecular complexity index is 1030. The van der Waals surface area contributed by atoms with Crippen molar-refractivity contribution in [3.63, 3.8) is 0 Å². The fourth-order valence-corrected chi connectivity index (χ4v) is 3.01. The van der Waals surface area contributed by atoms with Gasteiger partial charge in [0.1, 0.15) is 11.3 Å². The third-order valence-corrected chi connectivity index (χ3v) is 4.06. The molecule has 0 aromatic heterocycles.